The van der Waals surface area contributed by atoms with Crippen molar-refractivity contribution >= 4 is 29.4 Å². The molecule has 2 aromatic rings. The van der Waals surface area contributed by atoms with E-state index < -0.39 is 42.5 Å². The molecule has 1 saturated heterocycles. The number of ether oxygens (including phenoxy) is 2. The molecule has 0 spiro atoms. The molecule has 0 radical (unpaired) electrons. The number of rotatable bonds is 9. The van der Waals surface area contributed by atoms with E-state index in [1.165, 1.54) is 40.5 Å². The van der Waals surface area contributed by atoms with Crippen LogP contribution in [0.25, 0.3) is 0 Å². The fraction of sp³-hybridized carbons (Fsp3) is 0.440. The zero-order valence-corrected chi connectivity index (χ0v) is 21.2. The average molecular weight is 537 g/mol. The van der Waals surface area contributed by atoms with E-state index in [-0.39, 0.29) is 31.7 Å². The highest BCUT2D eigenvalue weighted by Gasteiger charge is 2.47. The maximum absolute atomic E-state index is 14.8. The molecule has 2 atom stereocenters. The van der Waals surface area contributed by atoms with Gasteiger partial charge in [-0.2, -0.15) is 0 Å². The lowest BCUT2D eigenvalue weighted by Crippen LogP contribution is -2.54. The van der Waals surface area contributed by atoms with Crippen molar-refractivity contribution in [1.82, 2.24) is 15.2 Å². The molecule has 4 rings (SSSR count). The van der Waals surface area contributed by atoms with Gasteiger partial charge in [-0.15, -0.1) is 11.3 Å². The van der Waals surface area contributed by atoms with Crippen LogP contribution in [0.3, 0.4) is 0 Å². The summed E-state index contributed by atoms with van der Waals surface area (Å²) in [4.78, 5) is 34.5. The first-order valence-corrected chi connectivity index (χ1v) is 12.6. The van der Waals surface area contributed by atoms with E-state index in [1.54, 1.807) is 25.4 Å². The number of likely N-dealkylation sites (tertiary alicyclic amines) is 1. The second-order valence-electron chi connectivity index (χ2n) is 8.82. The van der Waals surface area contributed by atoms with Crippen molar-refractivity contribution in [2.45, 2.75) is 37.8 Å². The summed E-state index contributed by atoms with van der Waals surface area (Å²) in [6.07, 6.45) is 0.684. The smallest absolute Gasteiger partial charge is 0.338 e. The molecule has 1 aromatic heterocycles. The van der Waals surface area contributed by atoms with Crippen molar-refractivity contribution in [3.8, 4) is 0 Å². The van der Waals surface area contributed by atoms with Gasteiger partial charge in [0.2, 0.25) is 0 Å². The van der Waals surface area contributed by atoms with Crippen molar-refractivity contribution < 1.29 is 32.2 Å². The molecule has 12 heteroatoms. The van der Waals surface area contributed by atoms with Gasteiger partial charge in [0.05, 0.1) is 18.7 Å². The molecule has 1 N–H and O–H groups in total. The number of benzene rings is 1. The first-order chi connectivity index (χ1) is 17.7. The van der Waals surface area contributed by atoms with Crippen LogP contribution in [-0.2, 0) is 24.6 Å². The predicted molar refractivity (Wildman–Crippen MR) is 131 cm³/mol. The van der Waals surface area contributed by atoms with Gasteiger partial charge in [0, 0.05) is 30.4 Å². The minimum atomic E-state index is -3.20. The van der Waals surface area contributed by atoms with Crippen molar-refractivity contribution in [2.75, 3.05) is 32.8 Å². The van der Waals surface area contributed by atoms with Crippen molar-refractivity contribution in [2.24, 2.45) is 4.99 Å². The molecule has 1 fully saturated rings. The lowest BCUT2D eigenvalue weighted by Gasteiger charge is -2.40. The molecular formula is C25H27F3N4O4S. The van der Waals surface area contributed by atoms with Gasteiger partial charge in [0.25, 0.3) is 5.92 Å². The number of nitrogens with one attached hydrogen (secondary N) is 1. The van der Waals surface area contributed by atoms with Crippen molar-refractivity contribution in [3.63, 3.8) is 0 Å². The normalized spacial score (nSPS) is 23.8. The van der Waals surface area contributed by atoms with Gasteiger partial charge >= 0.3 is 5.97 Å². The first-order valence-electron chi connectivity index (χ1n) is 11.8. The van der Waals surface area contributed by atoms with E-state index in [1.807, 2.05) is 0 Å². The largest absolute Gasteiger partial charge is 0.463 e. The van der Waals surface area contributed by atoms with Crippen LogP contribution >= 0.6 is 11.3 Å². The van der Waals surface area contributed by atoms with Gasteiger partial charge in [-0.3, -0.25) is 4.90 Å². The molecule has 0 aliphatic carbocycles. The number of carbonyl (C=O) groups is 2. The number of alkyl halides is 2. The van der Waals surface area contributed by atoms with Crippen LogP contribution in [0.2, 0.25) is 0 Å². The van der Waals surface area contributed by atoms with Crippen LogP contribution < -0.4 is 5.32 Å². The number of carbonyl (C=O) groups excluding carboxylic acids is 2. The van der Waals surface area contributed by atoms with Crippen LogP contribution in [0.1, 0.15) is 30.8 Å². The standard InChI is InChI=1S/C25H27F3N4O4S/c1-3-35-23(34)20-18(14-32-10-8-19(36-12-11-33)25(27,28)15-32)30-21(22-29-9-13-37-22)31-24(20,2)16-4-6-17(26)7-5-16/h4-7,9,11,13,19H,3,8,10,12,14-15H2,1-2H3,(H,30,31)/t19?,24-/m1/s1. The molecule has 1 aromatic carbocycles. The molecule has 2 aliphatic rings. The summed E-state index contributed by atoms with van der Waals surface area (Å²) in [5.41, 5.74) is -0.302. The van der Waals surface area contributed by atoms with E-state index in [0.29, 0.717) is 28.4 Å². The zero-order valence-electron chi connectivity index (χ0n) is 20.4. The molecular weight excluding hydrogens is 509 g/mol. The van der Waals surface area contributed by atoms with Crippen LogP contribution in [0.15, 0.2) is 52.1 Å². The number of aromatic nitrogens is 1. The summed E-state index contributed by atoms with van der Waals surface area (Å²) < 4.78 is 53.9. The molecule has 37 heavy (non-hydrogen) atoms. The average Bonchev–Trinajstić information content (AvgIpc) is 3.38. The predicted octanol–water partition coefficient (Wildman–Crippen LogP) is 3.29. The lowest BCUT2D eigenvalue weighted by atomic mass is 9.82. The number of halogens is 3. The molecule has 2 aliphatic heterocycles. The zero-order chi connectivity index (χ0) is 26.6. The van der Waals surface area contributed by atoms with Gasteiger partial charge in [-0.1, -0.05) is 12.1 Å². The fourth-order valence-electron chi connectivity index (χ4n) is 4.58. The lowest BCUT2D eigenvalue weighted by molar-refractivity contribution is -0.171. The SMILES string of the molecule is CCOC(=O)C1=C(CN2CCC(OCC=O)C(F)(F)C2)NC(c2nccs2)=N[C@]1(C)c1ccc(F)cc1. The summed E-state index contributed by atoms with van der Waals surface area (Å²) >= 11 is 1.32. The van der Waals surface area contributed by atoms with E-state index in [2.05, 4.69) is 10.3 Å². The Balaban J connectivity index is 1.75. The van der Waals surface area contributed by atoms with Crippen LogP contribution in [0, 0.1) is 5.82 Å². The Bertz CT molecular complexity index is 1190. The number of esters is 1. The quantitative estimate of drug-likeness (QED) is 0.388. The number of aliphatic imine (C=N–C) groups is 1. The molecule has 8 nitrogen and oxygen atoms in total. The van der Waals surface area contributed by atoms with Crippen molar-refractivity contribution in [3.05, 3.63) is 63.5 Å². The number of thiazole rings is 1. The topological polar surface area (TPSA) is 93.1 Å². The van der Waals surface area contributed by atoms with Gasteiger partial charge in [-0.05, 0) is 38.0 Å². The van der Waals surface area contributed by atoms with E-state index in [9.17, 15) is 22.8 Å². The minimum absolute atomic E-state index is 0.00547. The Morgan fingerprint density at radius 2 is 2.08 bits per heavy atom. The van der Waals surface area contributed by atoms with Gasteiger partial charge in [0.15, 0.2) is 10.8 Å². The molecule has 198 valence electrons. The Morgan fingerprint density at radius 3 is 2.70 bits per heavy atom. The van der Waals surface area contributed by atoms with Gasteiger partial charge < -0.3 is 19.6 Å². The van der Waals surface area contributed by atoms with E-state index in [0.717, 1.165) is 0 Å². The molecule has 0 bridgehead atoms. The molecule has 3 heterocycles. The second-order valence-corrected chi connectivity index (χ2v) is 9.72. The number of piperidine rings is 1. The maximum Gasteiger partial charge on any atom is 0.338 e. The number of hydrogen-bond donors (Lipinski definition) is 1. The minimum Gasteiger partial charge on any atom is -0.463 e. The Morgan fingerprint density at radius 1 is 1.32 bits per heavy atom. The highest BCUT2D eigenvalue weighted by molar-refractivity contribution is 7.11. The van der Waals surface area contributed by atoms with Crippen LogP contribution in [0.4, 0.5) is 13.2 Å². The van der Waals surface area contributed by atoms with E-state index in [4.69, 9.17) is 14.5 Å². The molecule has 0 amide bonds. The third-order valence-corrected chi connectivity index (χ3v) is 7.05. The van der Waals surface area contributed by atoms with Crippen LogP contribution in [0.5, 0.6) is 0 Å². The summed E-state index contributed by atoms with van der Waals surface area (Å²) in [7, 11) is 0. The highest BCUT2D eigenvalue weighted by atomic mass is 32.1. The second kappa shape index (κ2) is 11.1. The van der Waals surface area contributed by atoms with Crippen LogP contribution in [-0.4, -0.2) is 72.8 Å². The highest BCUT2D eigenvalue weighted by Crippen LogP contribution is 2.40. The molecule has 1 unspecified atom stereocenters. The maximum atomic E-state index is 14.8. The monoisotopic (exact) mass is 536 g/mol. The summed E-state index contributed by atoms with van der Waals surface area (Å²) in [5.74, 6) is -3.95. The molecule has 0 saturated carbocycles. The number of amidine groups is 1. The van der Waals surface area contributed by atoms with Gasteiger partial charge in [0.1, 0.15) is 30.4 Å². The van der Waals surface area contributed by atoms with Crippen molar-refractivity contribution in [1.29, 1.82) is 0 Å². The number of nitrogens with zero attached hydrogens (tertiary/aromatic N) is 3. The third kappa shape index (κ3) is 5.76. The summed E-state index contributed by atoms with van der Waals surface area (Å²) in [5, 5.41) is 5.45. The first kappa shape index (κ1) is 27.0. The number of aldehydes is 1. The Kier molecular flexibility index (Phi) is 8.10. The summed E-state index contributed by atoms with van der Waals surface area (Å²) in [6.45, 7) is 2.64. The number of hydrogen-bond acceptors (Lipinski definition) is 9. The Hall–Kier alpha value is -3.09. The Labute approximate surface area is 216 Å². The van der Waals surface area contributed by atoms with E-state index >= 15 is 0 Å². The van der Waals surface area contributed by atoms with Gasteiger partial charge in [-0.25, -0.2) is 27.9 Å². The fourth-order valence-corrected chi connectivity index (χ4v) is 5.17. The third-order valence-electron chi connectivity index (χ3n) is 6.27. The summed E-state index contributed by atoms with van der Waals surface area (Å²) in [6, 6.07) is 5.61.